The molecule has 19 heavy (non-hydrogen) atoms. The van der Waals surface area contributed by atoms with Crippen LogP contribution in [-0.4, -0.2) is 32.2 Å². The van der Waals surface area contributed by atoms with Crippen LogP contribution in [-0.2, 0) is 4.74 Å². The van der Waals surface area contributed by atoms with Gasteiger partial charge in [-0.2, -0.15) is 0 Å². The van der Waals surface area contributed by atoms with Crippen molar-refractivity contribution in [2.75, 3.05) is 25.6 Å². The Labute approximate surface area is 115 Å². The predicted octanol–water partition coefficient (Wildman–Crippen LogP) is 2.66. The number of hydrogen-bond donors (Lipinski definition) is 2. The van der Waals surface area contributed by atoms with Gasteiger partial charge in [0.05, 0.1) is 18.2 Å². The number of nitrogens with one attached hydrogen (secondary N) is 2. The highest BCUT2D eigenvalue weighted by molar-refractivity contribution is 5.99. The standard InChI is InChI=1S/C15H24N2O2/c1-4-8-12(11-19-3)17-15(18)13-9-6-7-10-14(13)16-5-2/h6-7,9-10,12,16H,4-5,8,11H2,1-3H3,(H,17,18). The second kappa shape index (κ2) is 8.53. The van der Waals surface area contributed by atoms with Crippen LogP contribution >= 0.6 is 0 Å². The maximum absolute atomic E-state index is 12.3. The van der Waals surface area contributed by atoms with Crippen molar-refractivity contribution in [1.29, 1.82) is 0 Å². The van der Waals surface area contributed by atoms with E-state index in [1.54, 1.807) is 7.11 Å². The van der Waals surface area contributed by atoms with E-state index < -0.39 is 0 Å². The molecule has 0 aliphatic carbocycles. The van der Waals surface area contributed by atoms with Crippen LogP contribution in [0.15, 0.2) is 24.3 Å². The zero-order chi connectivity index (χ0) is 14.1. The van der Waals surface area contributed by atoms with E-state index in [0.717, 1.165) is 25.1 Å². The summed E-state index contributed by atoms with van der Waals surface area (Å²) in [6, 6.07) is 7.62. The van der Waals surface area contributed by atoms with E-state index in [-0.39, 0.29) is 11.9 Å². The fraction of sp³-hybridized carbons (Fsp3) is 0.533. The van der Waals surface area contributed by atoms with Crippen molar-refractivity contribution in [3.63, 3.8) is 0 Å². The molecule has 1 aromatic rings. The third-order valence-electron chi connectivity index (χ3n) is 2.88. The monoisotopic (exact) mass is 264 g/mol. The summed E-state index contributed by atoms with van der Waals surface area (Å²) in [7, 11) is 1.65. The van der Waals surface area contributed by atoms with Gasteiger partial charge in [0.15, 0.2) is 0 Å². The molecule has 4 nitrogen and oxygen atoms in total. The van der Waals surface area contributed by atoms with Gasteiger partial charge in [-0.05, 0) is 25.5 Å². The lowest BCUT2D eigenvalue weighted by Gasteiger charge is -2.18. The summed E-state index contributed by atoms with van der Waals surface area (Å²) in [5, 5.41) is 6.23. The van der Waals surface area contributed by atoms with Crippen molar-refractivity contribution in [2.24, 2.45) is 0 Å². The summed E-state index contributed by atoms with van der Waals surface area (Å²) in [4.78, 5) is 12.3. The Balaban J connectivity index is 2.75. The zero-order valence-electron chi connectivity index (χ0n) is 12.0. The molecule has 0 radical (unpaired) electrons. The van der Waals surface area contributed by atoms with Crippen molar-refractivity contribution < 1.29 is 9.53 Å². The molecule has 1 atom stereocenters. The molecule has 1 unspecified atom stereocenters. The molecular formula is C15H24N2O2. The van der Waals surface area contributed by atoms with E-state index in [0.29, 0.717) is 12.2 Å². The Hall–Kier alpha value is -1.55. The highest BCUT2D eigenvalue weighted by Gasteiger charge is 2.15. The van der Waals surface area contributed by atoms with Crippen LogP contribution in [0.3, 0.4) is 0 Å². The quantitative estimate of drug-likeness (QED) is 0.759. The number of amides is 1. The number of ether oxygens (including phenoxy) is 1. The average Bonchev–Trinajstić information content (AvgIpc) is 2.40. The fourth-order valence-electron chi connectivity index (χ4n) is 2.04. The van der Waals surface area contributed by atoms with Crippen molar-refractivity contribution >= 4 is 11.6 Å². The second-order valence-electron chi connectivity index (χ2n) is 4.49. The molecule has 4 heteroatoms. The maximum Gasteiger partial charge on any atom is 0.253 e. The Morgan fingerprint density at radius 3 is 2.68 bits per heavy atom. The van der Waals surface area contributed by atoms with Gasteiger partial charge in [-0.15, -0.1) is 0 Å². The number of carbonyl (C=O) groups is 1. The van der Waals surface area contributed by atoms with Gasteiger partial charge in [-0.1, -0.05) is 25.5 Å². The Morgan fingerprint density at radius 2 is 2.05 bits per heavy atom. The molecule has 2 N–H and O–H groups in total. The van der Waals surface area contributed by atoms with Gasteiger partial charge >= 0.3 is 0 Å². The van der Waals surface area contributed by atoms with Crippen LogP contribution < -0.4 is 10.6 Å². The molecule has 0 aliphatic heterocycles. The van der Waals surface area contributed by atoms with E-state index in [9.17, 15) is 4.79 Å². The molecule has 0 fully saturated rings. The SMILES string of the molecule is CCCC(COC)NC(=O)c1ccccc1NCC. The van der Waals surface area contributed by atoms with Crippen LogP contribution in [0.2, 0.25) is 0 Å². The highest BCUT2D eigenvalue weighted by Crippen LogP contribution is 2.15. The number of hydrogen-bond acceptors (Lipinski definition) is 3. The molecule has 1 aromatic carbocycles. The maximum atomic E-state index is 12.3. The van der Waals surface area contributed by atoms with Gasteiger partial charge in [0.25, 0.3) is 5.91 Å². The third-order valence-corrected chi connectivity index (χ3v) is 2.88. The second-order valence-corrected chi connectivity index (χ2v) is 4.49. The molecule has 0 saturated heterocycles. The van der Waals surface area contributed by atoms with Crippen molar-refractivity contribution in [2.45, 2.75) is 32.7 Å². The van der Waals surface area contributed by atoms with Gasteiger partial charge in [-0.25, -0.2) is 0 Å². The van der Waals surface area contributed by atoms with Gasteiger partial charge in [-0.3, -0.25) is 4.79 Å². The van der Waals surface area contributed by atoms with Gasteiger partial charge < -0.3 is 15.4 Å². The van der Waals surface area contributed by atoms with E-state index >= 15 is 0 Å². The molecule has 106 valence electrons. The third kappa shape index (κ3) is 4.91. The molecule has 0 heterocycles. The van der Waals surface area contributed by atoms with Crippen molar-refractivity contribution in [3.8, 4) is 0 Å². The topological polar surface area (TPSA) is 50.4 Å². The summed E-state index contributed by atoms with van der Waals surface area (Å²) in [5.74, 6) is -0.0490. The van der Waals surface area contributed by atoms with Gasteiger partial charge in [0.2, 0.25) is 0 Å². The number of rotatable bonds is 8. The number of para-hydroxylation sites is 1. The Kier molecular flexibility index (Phi) is 6.97. The Morgan fingerprint density at radius 1 is 1.32 bits per heavy atom. The van der Waals surface area contributed by atoms with Crippen molar-refractivity contribution in [3.05, 3.63) is 29.8 Å². The smallest absolute Gasteiger partial charge is 0.253 e. The van der Waals surface area contributed by atoms with Crippen LogP contribution in [0.1, 0.15) is 37.0 Å². The highest BCUT2D eigenvalue weighted by atomic mass is 16.5. The first-order chi connectivity index (χ1) is 9.22. The van der Waals surface area contributed by atoms with Gasteiger partial charge in [0.1, 0.15) is 0 Å². The number of anilines is 1. The summed E-state index contributed by atoms with van der Waals surface area (Å²) in [5.41, 5.74) is 1.55. The normalized spacial score (nSPS) is 11.9. The Bertz CT molecular complexity index is 387. The molecule has 1 amide bonds. The molecule has 0 aliphatic rings. The first-order valence-corrected chi connectivity index (χ1v) is 6.85. The van der Waals surface area contributed by atoms with E-state index in [2.05, 4.69) is 17.6 Å². The van der Waals surface area contributed by atoms with E-state index in [1.807, 2.05) is 31.2 Å². The van der Waals surface area contributed by atoms with Crippen LogP contribution in [0, 0.1) is 0 Å². The molecule has 0 bridgehead atoms. The molecule has 0 saturated carbocycles. The van der Waals surface area contributed by atoms with Crippen molar-refractivity contribution in [1.82, 2.24) is 5.32 Å². The van der Waals surface area contributed by atoms with Crippen LogP contribution in [0.25, 0.3) is 0 Å². The molecular weight excluding hydrogens is 240 g/mol. The van der Waals surface area contributed by atoms with E-state index in [4.69, 9.17) is 4.74 Å². The first kappa shape index (κ1) is 15.5. The average molecular weight is 264 g/mol. The lowest BCUT2D eigenvalue weighted by molar-refractivity contribution is 0.0892. The lowest BCUT2D eigenvalue weighted by atomic mass is 10.1. The first-order valence-electron chi connectivity index (χ1n) is 6.85. The summed E-state index contributed by atoms with van der Waals surface area (Å²) in [6.45, 7) is 5.45. The number of carbonyl (C=O) groups excluding carboxylic acids is 1. The van der Waals surface area contributed by atoms with Crippen LogP contribution in [0.5, 0.6) is 0 Å². The largest absolute Gasteiger partial charge is 0.385 e. The molecule has 1 rings (SSSR count). The summed E-state index contributed by atoms with van der Waals surface area (Å²) in [6.07, 6.45) is 1.94. The molecule has 0 spiro atoms. The lowest BCUT2D eigenvalue weighted by Crippen LogP contribution is -2.38. The van der Waals surface area contributed by atoms with Crippen LogP contribution in [0.4, 0.5) is 5.69 Å². The summed E-state index contributed by atoms with van der Waals surface area (Å²) < 4.78 is 5.14. The predicted molar refractivity (Wildman–Crippen MR) is 78.6 cm³/mol. The zero-order valence-corrected chi connectivity index (χ0v) is 12.0. The summed E-state index contributed by atoms with van der Waals surface area (Å²) >= 11 is 0. The molecule has 0 aromatic heterocycles. The number of benzene rings is 1. The minimum Gasteiger partial charge on any atom is -0.385 e. The van der Waals surface area contributed by atoms with E-state index in [1.165, 1.54) is 0 Å². The minimum absolute atomic E-state index is 0.0490. The fourth-order valence-corrected chi connectivity index (χ4v) is 2.04. The van der Waals surface area contributed by atoms with Gasteiger partial charge in [0, 0.05) is 19.3 Å². The number of methoxy groups -OCH3 is 1. The minimum atomic E-state index is -0.0490.